The number of hydrogen-bond donors (Lipinski definition) is 1. The predicted octanol–water partition coefficient (Wildman–Crippen LogP) is 2.70. The Bertz CT molecular complexity index is 320. The number of pyridine rings is 1. The van der Waals surface area contributed by atoms with Crippen molar-refractivity contribution in [3.8, 4) is 0 Å². The molecular weight excluding hydrogens is 193 g/mol. The molecule has 0 fully saturated rings. The van der Waals surface area contributed by atoms with Crippen LogP contribution < -0.4 is 5.32 Å². The van der Waals surface area contributed by atoms with E-state index < -0.39 is 11.9 Å². The maximum Gasteiger partial charge on any atom is 0.433 e. The number of alkyl halides is 3. The molecule has 0 radical (unpaired) electrons. The molecule has 1 aromatic rings. The molecule has 1 rings (SSSR count). The maximum absolute atomic E-state index is 12.2. The smallest absolute Gasteiger partial charge is 0.381 e. The lowest BCUT2D eigenvalue weighted by Crippen LogP contribution is -2.08. The predicted molar refractivity (Wildman–Crippen MR) is 47.9 cm³/mol. The topological polar surface area (TPSA) is 24.9 Å². The van der Waals surface area contributed by atoms with Crippen LogP contribution in [0.2, 0.25) is 0 Å². The normalized spacial score (nSPS) is 11.1. The van der Waals surface area contributed by atoms with Gasteiger partial charge < -0.3 is 5.32 Å². The summed E-state index contributed by atoms with van der Waals surface area (Å²) in [7, 11) is 0. The van der Waals surface area contributed by atoms with Gasteiger partial charge in [-0.05, 0) is 12.1 Å². The second kappa shape index (κ2) is 4.13. The summed E-state index contributed by atoms with van der Waals surface area (Å²) in [5.41, 5.74) is -0.515. The molecule has 0 spiro atoms. The lowest BCUT2D eigenvalue weighted by Gasteiger charge is -2.08. The highest BCUT2D eigenvalue weighted by molar-refractivity contribution is 5.44. The first-order chi connectivity index (χ1) is 6.54. The summed E-state index contributed by atoms with van der Waals surface area (Å²) < 4.78 is 36.5. The molecule has 1 heterocycles. The molecular formula is C9H9F3N2. The summed E-state index contributed by atoms with van der Waals surface area (Å²) in [6.45, 7) is 3.86. The van der Waals surface area contributed by atoms with Gasteiger partial charge in [0.2, 0.25) is 0 Å². The average molecular weight is 202 g/mol. The fourth-order valence-electron chi connectivity index (χ4n) is 0.886. The second-order valence-electron chi connectivity index (χ2n) is 2.60. The van der Waals surface area contributed by atoms with Crippen molar-refractivity contribution in [1.29, 1.82) is 0 Å². The summed E-state index contributed by atoms with van der Waals surface area (Å²) in [6.07, 6.45) is -1.71. The van der Waals surface area contributed by atoms with E-state index in [0.717, 1.165) is 12.3 Å². The van der Waals surface area contributed by atoms with Crippen molar-refractivity contribution >= 4 is 5.69 Å². The number of rotatable bonds is 3. The van der Waals surface area contributed by atoms with E-state index in [1.165, 1.54) is 6.07 Å². The van der Waals surface area contributed by atoms with Gasteiger partial charge >= 0.3 is 6.18 Å². The van der Waals surface area contributed by atoms with E-state index >= 15 is 0 Å². The van der Waals surface area contributed by atoms with Gasteiger partial charge in [0.15, 0.2) is 0 Å². The molecule has 0 aliphatic heterocycles. The van der Waals surface area contributed by atoms with Gasteiger partial charge in [0.25, 0.3) is 0 Å². The Morgan fingerprint density at radius 1 is 1.50 bits per heavy atom. The molecule has 0 aliphatic rings. The van der Waals surface area contributed by atoms with E-state index in [1.54, 1.807) is 6.08 Å². The van der Waals surface area contributed by atoms with Crippen LogP contribution in [-0.2, 0) is 6.18 Å². The zero-order valence-electron chi connectivity index (χ0n) is 7.30. The van der Waals surface area contributed by atoms with Crippen LogP contribution in [-0.4, -0.2) is 11.5 Å². The highest BCUT2D eigenvalue weighted by Gasteiger charge is 2.32. The maximum atomic E-state index is 12.2. The first kappa shape index (κ1) is 10.6. The lowest BCUT2D eigenvalue weighted by molar-refractivity contribution is -0.141. The SMILES string of the molecule is C=CCNc1ccnc(C(F)(F)F)c1. The number of aromatic nitrogens is 1. The summed E-state index contributed by atoms with van der Waals surface area (Å²) >= 11 is 0. The molecule has 0 aliphatic carbocycles. The fourth-order valence-corrected chi connectivity index (χ4v) is 0.886. The Morgan fingerprint density at radius 3 is 2.79 bits per heavy atom. The summed E-state index contributed by atoms with van der Waals surface area (Å²) in [5, 5.41) is 2.75. The van der Waals surface area contributed by atoms with Crippen LogP contribution in [0.5, 0.6) is 0 Å². The second-order valence-corrected chi connectivity index (χ2v) is 2.60. The Morgan fingerprint density at radius 2 is 2.21 bits per heavy atom. The van der Waals surface area contributed by atoms with E-state index in [-0.39, 0.29) is 0 Å². The Kier molecular flexibility index (Phi) is 3.11. The standard InChI is InChI=1S/C9H9F3N2/c1-2-4-13-7-3-5-14-8(6-7)9(10,11)12/h2-3,5-6H,1,4H2,(H,13,14). The quantitative estimate of drug-likeness (QED) is 0.762. The first-order valence-corrected chi connectivity index (χ1v) is 3.92. The highest BCUT2D eigenvalue weighted by Crippen LogP contribution is 2.28. The molecule has 0 bridgehead atoms. The molecule has 1 N–H and O–H groups in total. The molecule has 1 aromatic heterocycles. The zero-order valence-corrected chi connectivity index (χ0v) is 7.30. The van der Waals surface area contributed by atoms with Crippen molar-refractivity contribution in [2.24, 2.45) is 0 Å². The number of halogens is 3. The fraction of sp³-hybridized carbons (Fsp3) is 0.222. The summed E-state index contributed by atoms with van der Waals surface area (Å²) in [6, 6.07) is 2.43. The third-order valence-electron chi connectivity index (χ3n) is 1.50. The van der Waals surface area contributed by atoms with Crippen molar-refractivity contribution in [2.75, 3.05) is 11.9 Å². The van der Waals surface area contributed by atoms with E-state index in [9.17, 15) is 13.2 Å². The van der Waals surface area contributed by atoms with E-state index in [4.69, 9.17) is 0 Å². The van der Waals surface area contributed by atoms with Crippen LogP contribution in [0.25, 0.3) is 0 Å². The van der Waals surface area contributed by atoms with Gasteiger partial charge in [0.05, 0.1) is 0 Å². The van der Waals surface area contributed by atoms with Gasteiger partial charge in [0.1, 0.15) is 5.69 Å². The monoisotopic (exact) mass is 202 g/mol. The number of nitrogens with zero attached hydrogens (tertiary/aromatic N) is 1. The Balaban J connectivity index is 2.84. The van der Waals surface area contributed by atoms with Gasteiger partial charge in [-0.15, -0.1) is 6.58 Å². The Labute approximate surface area is 79.5 Å². The third kappa shape index (κ3) is 2.76. The van der Waals surface area contributed by atoms with Gasteiger partial charge in [-0.1, -0.05) is 6.08 Å². The highest BCUT2D eigenvalue weighted by atomic mass is 19.4. The molecule has 76 valence electrons. The van der Waals surface area contributed by atoms with Crippen LogP contribution >= 0.6 is 0 Å². The molecule has 5 heteroatoms. The van der Waals surface area contributed by atoms with Gasteiger partial charge in [-0.3, -0.25) is 4.98 Å². The van der Waals surface area contributed by atoms with Crippen LogP contribution in [0.3, 0.4) is 0 Å². The van der Waals surface area contributed by atoms with Crippen molar-refractivity contribution < 1.29 is 13.2 Å². The molecule has 0 unspecified atom stereocenters. The Hall–Kier alpha value is -1.52. The lowest BCUT2D eigenvalue weighted by atomic mass is 10.3. The summed E-state index contributed by atoms with van der Waals surface area (Å²) in [4.78, 5) is 3.23. The zero-order chi connectivity index (χ0) is 10.6. The van der Waals surface area contributed by atoms with Gasteiger partial charge in [0, 0.05) is 18.4 Å². The van der Waals surface area contributed by atoms with Crippen LogP contribution in [0.1, 0.15) is 5.69 Å². The van der Waals surface area contributed by atoms with Crippen molar-refractivity contribution in [1.82, 2.24) is 4.98 Å². The number of nitrogens with one attached hydrogen (secondary N) is 1. The average Bonchev–Trinajstić information content (AvgIpc) is 2.14. The van der Waals surface area contributed by atoms with Crippen molar-refractivity contribution in [3.05, 3.63) is 36.7 Å². The van der Waals surface area contributed by atoms with Crippen molar-refractivity contribution in [2.45, 2.75) is 6.18 Å². The third-order valence-corrected chi connectivity index (χ3v) is 1.50. The molecule has 0 atom stereocenters. The van der Waals surface area contributed by atoms with E-state index in [2.05, 4.69) is 16.9 Å². The minimum atomic E-state index is -4.40. The van der Waals surface area contributed by atoms with E-state index in [1.807, 2.05) is 0 Å². The minimum absolute atomic E-state index is 0.382. The number of hydrogen-bond acceptors (Lipinski definition) is 2. The van der Waals surface area contributed by atoms with Crippen LogP contribution in [0.4, 0.5) is 18.9 Å². The van der Waals surface area contributed by atoms with Crippen LogP contribution in [0.15, 0.2) is 31.0 Å². The van der Waals surface area contributed by atoms with Crippen LogP contribution in [0, 0.1) is 0 Å². The largest absolute Gasteiger partial charge is 0.433 e. The molecule has 0 amide bonds. The first-order valence-electron chi connectivity index (χ1n) is 3.92. The molecule has 0 saturated heterocycles. The molecule has 14 heavy (non-hydrogen) atoms. The molecule has 2 nitrogen and oxygen atoms in total. The number of anilines is 1. The van der Waals surface area contributed by atoms with Crippen molar-refractivity contribution in [3.63, 3.8) is 0 Å². The van der Waals surface area contributed by atoms with Gasteiger partial charge in [-0.25, -0.2) is 0 Å². The molecule has 0 aromatic carbocycles. The minimum Gasteiger partial charge on any atom is -0.381 e. The van der Waals surface area contributed by atoms with E-state index in [0.29, 0.717) is 12.2 Å². The van der Waals surface area contributed by atoms with Gasteiger partial charge in [-0.2, -0.15) is 13.2 Å². The summed E-state index contributed by atoms with van der Waals surface area (Å²) in [5.74, 6) is 0. The molecule has 0 saturated carbocycles.